The van der Waals surface area contributed by atoms with Crippen molar-refractivity contribution in [2.24, 2.45) is 0 Å². The second kappa shape index (κ2) is 11.7. The number of furan rings is 1. The Kier molecular flexibility index (Phi) is 10.2. The maximum Gasteiger partial charge on any atom is 0.122 e. The lowest BCUT2D eigenvalue weighted by atomic mass is 10.2. The van der Waals surface area contributed by atoms with Crippen LogP contribution in [0.4, 0.5) is 0 Å². The van der Waals surface area contributed by atoms with E-state index < -0.39 is 0 Å². The molecule has 0 aromatic carbocycles. The minimum absolute atomic E-state index is 0.733. The summed E-state index contributed by atoms with van der Waals surface area (Å²) in [6.45, 7) is 8.31. The van der Waals surface area contributed by atoms with E-state index in [2.05, 4.69) is 23.2 Å². The van der Waals surface area contributed by atoms with Crippen LogP contribution in [0.3, 0.4) is 0 Å². The van der Waals surface area contributed by atoms with Gasteiger partial charge in [-0.15, -0.1) is 0 Å². The van der Waals surface area contributed by atoms with Crippen LogP contribution >= 0.6 is 0 Å². The predicted octanol–water partition coefficient (Wildman–Crippen LogP) is 2.26. The zero-order valence-corrected chi connectivity index (χ0v) is 13.7. The quantitative estimate of drug-likeness (QED) is 0.566. The maximum absolute atomic E-state index is 5.66. The van der Waals surface area contributed by atoms with Gasteiger partial charge in [0.15, 0.2) is 0 Å². The maximum atomic E-state index is 5.66. The first-order valence-electron chi connectivity index (χ1n) is 7.78. The third-order valence-corrected chi connectivity index (χ3v) is 3.38. The first-order valence-corrected chi connectivity index (χ1v) is 7.78. The fraction of sp³-hybridized carbons (Fsp3) is 0.750. The van der Waals surface area contributed by atoms with Crippen LogP contribution in [-0.4, -0.2) is 52.0 Å². The third-order valence-electron chi connectivity index (χ3n) is 3.38. The SMILES string of the molecule is CCCNCc1ccoc1CN(CCCOC)CCOC. The molecule has 5 nitrogen and oxygen atoms in total. The largest absolute Gasteiger partial charge is 0.468 e. The lowest BCUT2D eigenvalue weighted by Crippen LogP contribution is -2.29. The van der Waals surface area contributed by atoms with Crippen molar-refractivity contribution in [3.8, 4) is 0 Å². The number of rotatable bonds is 13. The van der Waals surface area contributed by atoms with Crippen LogP contribution in [0.1, 0.15) is 31.1 Å². The fourth-order valence-corrected chi connectivity index (χ4v) is 2.19. The van der Waals surface area contributed by atoms with Crippen molar-refractivity contribution >= 4 is 0 Å². The van der Waals surface area contributed by atoms with Gasteiger partial charge < -0.3 is 19.2 Å². The summed E-state index contributed by atoms with van der Waals surface area (Å²) in [5.41, 5.74) is 1.25. The van der Waals surface area contributed by atoms with Crippen molar-refractivity contribution in [1.82, 2.24) is 10.2 Å². The molecule has 1 N–H and O–H groups in total. The van der Waals surface area contributed by atoms with Crippen molar-refractivity contribution in [3.05, 3.63) is 23.7 Å². The van der Waals surface area contributed by atoms with Crippen molar-refractivity contribution < 1.29 is 13.9 Å². The van der Waals surface area contributed by atoms with Crippen LogP contribution in [0, 0.1) is 0 Å². The van der Waals surface area contributed by atoms with E-state index in [0.717, 1.165) is 64.5 Å². The van der Waals surface area contributed by atoms with E-state index in [9.17, 15) is 0 Å². The molecule has 0 atom stereocenters. The van der Waals surface area contributed by atoms with Crippen LogP contribution in [0.15, 0.2) is 16.7 Å². The van der Waals surface area contributed by atoms with Gasteiger partial charge >= 0.3 is 0 Å². The number of nitrogens with zero attached hydrogens (tertiary/aromatic N) is 1. The Morgan fingerprint density at radius 2 is 2.00 bits per heavy atom. The van der Waals surface area contributed by atoms with Gasteiger partial charge in [-0.2, -0.15) is 0 Å². The predicted molar refractivity (Wildman–Crippen MR) is 84.4 cm³/mol. The summed E-state index contributed by atoms with van der Waals surface area (Å²) in [6.07, 6.45) is 3.94. The van der Waals surface area contributed by atoms with Gasteiger partial charge in [-0.05, 0) is 25.5 Å². The van der Waals surface area contributed by atoms with E-state index in [-0.39, 0.29) is 0 Å². The van der Waals surface area contributed by atoms with Gasteiger partial charge in [0.2, 0.25) is 0 Å². The average molecular weight is 298 g/mol. The normalized spacial score (nSPS) is 11.4. The number of hydrogen-bond donors (Lipinski definition) is 1. The van der Waals surface area contributed by atoms with Crippen molar-refractivity contribution in [2.45, 2.75) is 32.9 Å². The molecule has 0 aliphatic carbocycles. The smallest absolute Gasteiger partial charge is 0.122 e. The summed E-state index contributed by atoms with van der Waals surface area (Å²) in [6, 6.07) is 2.06. The van der Waals surface area contributed by atoms with Gasteiger partial charge in [-0.1, -0.05) is 6.92 Å². The van der Waals surface area contributed by atoms with Gasteiger partial charge in [-0.3, -0.25) is 4.90 Å². The van der Waals surface area contributed by atoms with Crippen LogP contribution in [-0.2, 0) is 22.6 Å². The highest BCUT2D eigenvalue weighted by atomic mass is 16.5. The highest BCUT2D eigenvalue weighted by Crippen LogP contribution is 2.13. The molecule has 0 aliphatic rings. The average Bonchev–Trinajstić information content (AvgIpc) is 2.92. The zero-order valence-electron chi connectivity index (χ0n) is 13.7. The molecule has 21 heavy (non-hydrogen) atoms. The van der Waals surface area contributed by atoms with Crippen molar-refractivity contribution in [1.29, 1.82) is 0 Å². The van der Waals surface area contributed by atoms with Gasteiger partial charge in [-0.25, -0.2) is 0 Å². The van der Waals surface area contributed by atoms with Crippen LogP contribution < -0.4 is 5.32 Å². The van der Waals surface area contributed by atoms with Gasteiger partial charge in [0, 0.05) is 46.0 Å². The third kappa shape index (κ3) is 7.62. The Balaban J connectivity index is 2.49. The van der Waals surface area contributed by atoms with Crippen LogP contribution in [0.25, 0.3) is 0 Å². The standard InChI is InChI=1S/C16H30N2O3/c1-4-7-17-13-15-6-11-21-16(15)14-18(9-12-20-3)8-5-10-19-2/h6,11,17H,4-5,7-10,12-14H2,1-3H3. The zero-order chi connectivity index (χ0) is 15.3. The topological polar surface area (TPSA) is 46.9 Å². The molecule has 0 fully saturated rings. The molecule has 0 radical (unpaired) electrons. The monoisotopic (exact) mass is 298 g/mol. The minimum Gasteiger partial charge on any atom is -0.468 e. The Bertz CT molecular complexity index is 355. The molecule has 0 saturated heterocycles. The molecule has 122 valence electrons. The van der Waals surface area contributed by atoms with Gasteiger partial charge in [0.05, 0.1) is 19.4 Å². The Morgan fingerprint density at radius 3 is 2.71 bits per heavy atom. The van der Waals surface area contributed by atoms with E-state index in [0.29, 0.717) is 0 Å². The molecule has 5 heteroatoms. The number of nitrogens with one attached hydrogen (secondary N) is 1. The molecular formula is C16H30N2O3. The van der Waals surface area contributed by atoms with Crippen LogP contribution in [0.2, 0.25) is 0 Å². The Hall–Kier alpha value is -0.880. The lowest BCUT2D eigenvalue weighted by molar-refractivity contribution is 0.124. The van der Waals surface area contributed by atoms with E-state index >= 15 is 0 Å². The highest BCUT2D eigenvalue weighted by molar-refractivity contribution is 5.16. The number of hydrogen-bond acceptors (Lipinski definition) is 5. The first kappa shape index (κ1) is 18.2. The molecular weight excluding hydrogens is 268 g/mol. The molecule has 1 heterocycles. The van der Waals surface area contributed by atoms with E-state index in [1.165, 1.54) is 5.56 Å². The second-order valence-electron chi connectivity index (χ2n) is 5.16. The highest BCUT2D eigenvalue weighted by Gasteiger charge is 2.12. The Labute approximate surface area is 128 Å². The molecule has 0 aliphatic heterocycles. The van der Waals surface area contributed by atoms with Gasteiger partial charge in [0.1, 0.15) is 5.76 Å². The number of methoxy groups -OCH3 is 2. The second-order valence-corrected chi connectivity index (χ2v) is 5.16. The lowest BCUT2D eigenvalue weighted by Gasteiger charge is -2.21. The van der Waals surface area contributed by atoms with E-state index in [1.807, 2.05) is 0 Å². The summed E-state index contributed by atoms with van der Waals surface area (Å²) in [7, 11) is 3.48. The van der Waals surface area contributed by atoms with E-state index in [1.54, 1.807) is 20.5 Å². The van der Waals surface area contributed by atoms with Crippen molar-refractivity contribution in [3.63, 3.8) is 0 Å². The van der Waals surface area contributed by atoms with E-state index in [4.69, 9.17) is 13.9 Å². The molecule has 0 unspecified atom stereocenters. The Morgan fingerprint density at radius 1 is 1.19 bits per heavy atom. The van der Waals surface area contributed by atoms with Gasteiger partial charge in [0.25, 0.3) is 0 Å². The molecule has 0 spiro atoms. The summed E-state index contributed by atoms with van der Waals surface area (Å²) < 4.78 is 16.0. The summed E-state index contributed by atoms with van der Waals surface area (Å²) in [5.74, 6) is 1.05. The summed E-state index contributed by atoms with van der Waals surface area (Å²) in [4.78, 5) is 2.35. The molecule has 1 aromatic heterocycles. The van der Waals surface area contributed by atoms with Crippen molar-refractivity contribution in [2.75, 3.05) is 47.1 Å². The minimum atomic E-state index is 0.733. The molecule has 0 amide bonds. The number of ether oxygens (including phenoxy) is 2. The molecule has 1 aromatic rings. The molecule has 0 bridgehead atoms. The summed E-state index contributed by atoms with van der Waals surface area (Å²) in [5, 5.41) is 3.42. The first-order chi connectivity index (χ1) is 10.3. The molecule has 0 saturated carbocycles. The fourth-order valence-electron chi connectivity index (χ4n) is 2.19. The summed E-state index contributed by atoms with van der Waals surface area (Å²) >= 11 is 0. The van der Waals surface area contributed by atoms with Crippen LogP contribution in [0.5, 0.6) is 0 Å². The molecule has 1 rings (SSSR count).